The number of nitrogens with zero attached hydrogens (tertiary/aromatic N) is 2. The van der Waals surface area contributed by atoms with E-state index in [4.69, 9.17) is 0 Å². The molecule has 0 fully saturated rings. The fourth-order valence-corrected chi connectivity index (χ4v) is 7.03. The molecule has 1 rings (SSSR count). The molecular weight excluding hydrogens is 532 g/mol. The summed E-state index contributed by atoms with van der Waals surface area (Å²) in [4.78, 5) is 0. The summed E-state index contributed by atoms with van der Waals surface area (Å²) in [6, 6.07) is 0. The molecule has 2 nitrogen and oxygen atoms in total. The Morgan fingerprint density at radius 2 is 0.705 bits per heavy atom. The molecule has 1 aromatic heterocycles. The van der Waals surface area contributed by atoms with Crippen LogP contribution >= 0.6 is 0 Å². The Morgan fingerprint density at radius 1 is 0.386 bits per heavy atom. The van der Waals surface area contributed by atoms with Crippen LogP contribution in [-0.4, -0.2) is 4.57 Å². The first-order valence-electron chi connectivity index (χ1n) is 20.9. The van der Waals surface area contributed by atoms with Gasteiger partial charge >= 0.3 is 0 Å². The molecule has 0 aliphatic heterocycles. The van der Waals surface area contributed by atoms with Gasteiger partial charge in [0.05, 0.1) is 13.1 Å². The minimum atomic E-state index is 1.23. The van der Waals surface area contributed by atoms with E-state index in [9.17, 15) is 0 Å². The fraction of sp³-hybridized carbons (Fsp3) is 0.929. The van der Waals surface area contributed by atoms with Gasteiger partial charge in [0.1, 0.15) is 12.4 Å². The Balaban J connectivity index is 2.08. The molecule has 0 amide bonds. The largest absolute Gasteiger partial charge is 0.256 e. The Kier molecular flexibility index (Phi) is 31.5. The van der Waals surface area contributed by atoms with Crippen LogP contribution < -0.4 is 4.57 Å². The van der Waals surface area contributed by atoms with E-state index in [1.54, 1.807) is 5.82 Å². The second-order valence-electron chi connectivity index (χ2n) is 14.5. The molecule has 0 aliphatic rings. The highest BCUT2D eigenvalue weighted by molar-refractivity contribution is 4.84. The van der Waals surface area contributed by atoms with Gasteiger partial charge in [0.25, 0.3) is 5.82 Å². The quantitative estimate of drug-likeness (QED) is 0.0524. The second-order valence-corrected chi connectivity index (χ2v) is 14.5. The van der Waals surface area contributed by atoms with E-state index in [-0.39, 0.29) is 0 Å². The topological polar surface area (TPSA) is 8.81 Å². The van der Waals surface area contributed by atoms with Gasteiger partial charge in [-0.1, -0.05) is 201 Å². The van der Waals surface area contributed by atoms with Gasteiger partial charge in [-0.25, -0.2) is 9.13 Å². The fourth-order valence-electron chi connectivity index (χ4n) is 7.03. The van der Waals surface area contributed by atoms with Crippen molar-refractivity contribution in [2.24, 2.45) is 0 Å². The molecule has 260 valence electrons. The van der Waals surface area contributed by atoms with Gasteiger partial charge in [-0.3, -0.25) is 0 Å². The van der Waals surface area contributed by atoms with Gasteiger partial charge in [0.15, 0.2) is 0 Å². The number of aromatic nitrogens is 2. The summed E-state index contributed by atoms with van der Waals surface area (Å²) in [5.74, 6) is 1.61. The zero-order valence-corrected chi connectivity index (χ0v) is 31.0. The van der Waals surface area contributed by atoms with E-state index in [2.05, 4.69) is 42.3 Å². The van der Waals surface area contributed by atoms with Crippen LogP contribution in [0.5, 0.6) is 0 Å². The number of unbranched alkanes of at least 4 members (excludes halogenated alkanes) is 30. The smallest absolute Gasteiger partial charge is 0.234 e. The second kappa shape index (κ2) is 33.6. The van der Waals surface area contributed by atoms with Gasteiger partial charge in [0.2, 0.25) is 0 Å². The molecule has 2 heteroatoms. The molecule has 0 spiro atoms. The molecule has 0 unspecified atom stereocenters. The summed E-state index contributed by atoms with van der Waals surface area (Å²) in [7, 11) is 0. The lowest BCUT2D eigenvalue weighted by atomic mass is 10.0. The lowest BCUT2D eigenvalue weighted by Crippen LogP contribution is -2.37. The van der Waals surface area contributed by atoms with Crippen LogP contribution in [0.4, 0.5) is 0 Å². The third kappa shape index (κ3) is 25.4. The Hall–Kier alpha value is -0.790. The van der Waals surface area contributed by atoms with Crippen molar-refractivity contribution in [2.45, 2.75) is 252 Å². The van der Waals surface area contributed by atoms with Crippen molar-refractivity contribution >= 4 is 0 Å². The molecule has 0 saturated heterocycles. The van der Waals surface area contributed by atoms with E-state index >= 15 is 0 Å². The molecule has 0 N–H and O–H groups in total. The molecule has 0 radical (unpaired) electrons. The minimum Gasteiger partial charge on any atom is -0.234 e. The molecule has 44 heavy (non-hydrogen) atoms. The van der Waals surface area contributed by atoms with Gasteiger partial charge in [-0.2, -0.15) is 0 Å². The van der Waals surface area contributed by atoms with Crippen LogP contribution in [0.15, 0.2) is 12.4 Å². The predicted molar refractivity (Wildman–Crippen MR) is 198 cm³/mol. The molecule has 0 aromatic carbocycles. The van der Waals surface area contributed by atoms with Gasteiger partial charge < -0.3 is 0 Å². The van der Waals surface area contributed by atoms with E-state index in [1.165, 1.54) is 231 Å². The predicted octanol–water partition coefficient (Wildman–Crippen LogP) is 14.3. The summed E-state index contributed by atoms with van der Waals surface area (Å²) >= 11 is 0. The highest BCUT2D eigenvalue weighted by atomic mass is 15.1. The summed E-state index contributed by atoms with van der Waals surface area (Å²) < 4.78 is 5.23. The Bertz CT molecular complexity index is 677. The molecule has 1 aromatic rings. The lowest BCUT2D eigenvalue weighted by molar-refractivity contribution is -0.704. The summed E-state index contributed by atoms with van der Waals surface area (Å²) in [6.07, 6.45) is 53.4. The Morgan fingerprint density at radius 3 is 1.09 bits per heavy atom. The maximum atomic E-state index is 2.61. The van der Waals surface area contributed by atoms with Crippen LogP contribution in [-0.2, 0) is 19.5 Å². The van der Waals surface area contributed by atoms with E-state index < -0.39 is 0 Å². The minimum absolute atomic E-state index is 1.23. The normalized spacial score (nSPS) is 11.6. The third-order valence-electron chi connectivity index (χ3n) is 10.1. The van der Waals surface area contributed by atoms with Gasteiger partial charge in [-0.05, 0) is 32.1 Å². The van der Waals surface area contributed by atoms with Crippen molar-refractivity contribution in [3.05, 3.63) is 18.2 Å². The number of hydrogen-bond donors (Lipinski definition) is 0. The first-order chi connectivity index (χ1) is 21.8. The van der Waals surface area contributed by atoms with Gasteiger partial charge in [0, 0.05) is 6.42 Å². The molecule has 0 atom stereocenters. The number of aryl methyl sites for hydroxylation is 2. The van der Waals surface area contributed by atoms with Crippen molar-refractivity contribution < 1.29 is 4.57 Å². The van der Waals surface area contributed by atoms with Crippen LogP contribution in [0.2, 0.25) is 0 Å². The summed E-state index contributed by atoms with van der Waals surface area (Å²) in [6.45, 7) is 9.41. The standard InChI is InChI=1S/C42H83N2/c1-4-7-10-12-14-16-18-20-22-23-25-27-29-31-33-36-39-44-41-40-43(42(44)37-34-9-6-3)38-35-32-30-28-26-24-21-19-17-15-13-11-8-5-2/h40-41H,4-39H2,1-3H3/q+1. The number of hydrogen-bond acceptors (Lipinski definition) is 0. The third-order valence-corrected chi connectivity index (χ3v) is 10.1. The van der Waals surface area contributed by atoms with E-state index in [0.29, 0.717) is 0 Å². The average Bonchev–Trinajstić information content (AvgIpc) is 3.42. The molecule has 1 heterocycles. The molecule has 0 bridgehead atoms. The molecule has 0 aliphatic carbocycles. The first-order valence-corrected chi connectivity index (χ1v) is 20.9. The van der Waals surface area contributed by atoms with Crippen molar-refractivity contribution in [1.82, 2.24) is 4.57 Å². The molecule has 0 saturated carbocycles. The number of rotatable bonds is 36. The maximum absolute atomic E-state index is 2.61. The zero-order valence-electron chi connectivity index (χ0n) is 31.0. The van der Waals surface area contributed by atoms with E-state index in [0.717, 1.165) is 0 Å². The number of imidazole rings is 1. The van der Waals surface area contributed by atoms with Crippen molar-refractivity contribution in [1.29, 1.82) is 0 Å². The van der Waals surface area contributed by atoms with Crippen molar-refractivity contribution in [3.63, 3.8) is 0 Å². The van der Waals surface area contributed by atoms with Crippen LogP contribution in [0, 0.1) is 0 Å². The summed E-state index contributed by atoms with van der Waals surface area (Å²) in [5, 5.41) is 0. The summed E-state index contributed by atoms with van der Waals surface area (Å²) in [5.41, 5.74) is 0. The SMILES string of the molecule is CCCCCCCCCCCCCCCCCC[n+]1ccn(CCCCCCCCCCCCCCCC)c1CCCCC. The van der Waals surface area contributed by atoms with Crippen LogP contribution in [0.1, 0.15) is 238 Å². The van der Waals surface area contributed by atoms with Crippen molar-refractivity contribution in [3.8, 4) is 0 Å². The van der Waals surface area contributed by atoms with E-state index in [1.807, 2.05) is 0 Å². The molecular formula is C42H83N2+. The van der Waals surface area contributed by atoms with Crippen LogP contribution in [0.3, 0.4) is 0 Å². The zero-order chi connectivity index (χ0) is 31.6. The van der Waals surface area contributed by atoms with Crippen molar-refractivity contribution in [2.75, 3.05) is 0 Å². The Labute approximate surface area is 279 Å². The monoisotopic (exact) mass is 616 g/mol. The van der Waals surface area contributed by atoms with Crippen LogP contribution in [0.25, 0.3) is 0 Å². The highest BCUT2D eigenvalue weighted by Gasteiger charge is 2.16. The highest BCUT2D eigenvalue weighted by Crippen LogP contribution is 2.16. The first kappa shape index (κ1) is 41.2. The average molecular weight is 616 g/mol. The lowest BCUT2D eigenvalue weighted by Gasteiger charge is -2.07. The van der Waals surface area contributed by atoms with Gasteiger partial charge in [-0.15, -0.1) is 0 Å². The maximum Gasteiger partial charge on any atom is 0.256 e.